The number of hydrogen-bond acceptors (Lipinski definition) is 5. The molecule has 1 atom stereocenters. The van der Waals surface area contributed by atoms with Crippen LogP contribution in [0.15, 0.2) is 18.3 Å². The van der Waals surface area contributed by atoms with Crippen molar-refractivity contribution in [2.45, 2.75) is 44.6 Å². The first kappa shape index (κ1) is 19.6. The Bertz CT molecular complexity index is 637. The van der Waals surface area contributed by atoms with Crippen molar-refractivity contribution in [3.63, 3.8) is 0 Å². The van der Waals surface area contributed by atoms with Crippen molar-refractivity contribution in [1.29, 1.82) is 0 Å². The van der Waals surface area contributed by atoms with Crippen molar-refractivity contribution in [3.05, 3.63) is 23.9 Å². The summed E-state index contributed by atoms with van der Waals surface area (Å²) in [6.45, 7) is 7.49. The zero-order valence-electron chi connectivity index (χ0n) is 17.3. The Labute approximate surface area is 169 Å². The van der Waals surface area contributed by atoms with Crippen molar-refractivity contribution in [2.75, 3.05) is 57.8 Å². The van der Waals surface area contributed by atoms with Crippen LogP contribution in [0.1, 0.15) is 48.9 Å². The number of piperazine rings is 1. The molecule has 0 bridgehead atoms. The quantitative estimate of drug-likeness (QED) is 0.780. The minimum Gasteiger partial charge on any atom is -0.354 e. The summed E-state index contributed by atoms with van der Waals surface area (Å²) in [7, 11) is 2.19. The number of carbonyl (C=O) groups is 1. The summed E-state index contributed by atoms with van der Waals surface area (Å²) in [6.07, 6.45) is 9.45. The fraction of sp³-hybridized carbons (Fsp3) is 0.727. The molecule has 1 amide bonds. The van der Waals surface area contributed by atoms with Crippen molar-refractivity contribution in [1.82, 2.24) is 20.1 Å². The number of anilines is 1. The number of aromatic nitrogens is 1. The number of likely N-dealkylation sites (tertiary alicyclic amines) is 1. The first-order valence-electron chi connectivity index (χ1n) is 11.1. The predicted octanol–water partition coefficient (Wildman–Crippen LogP) is 2.22. The summed E-state index contributed by atoms with van der Waals surface area (Å²) in [5, 5.41) is 3.07. The van der Waals surface area contributed by atoms with E-state index in [0.29, 0.717) is 11.6 Å². The molecule has 0 spiro atoms. The van der Waals surface area contributed by atoms with Crippen LogP contribution in [-0.2, 0) is 0 Å². The average molecular weight is 386 g/mol. The van der Waals surface area contributed by atoms with Gasteiger partial charge in [0.15, 0.2) is 0 Å². The standard InChI is InChI=1S/C22H35N5O/c1-25-11-3-2-4-20(25)9-10-23-22(28)19-7-8-21(24-16-19)27-14-12-26(13-15-27)17-18-5-6-18/h7-8,16,18,20H,2-6,9-15,17H2,1H3,(H,23,28)/t20-/m1/s1. The molecule has 6 nitrogen and oxygen atoms in total. The van der Waals surface area contributed by atoms with Crippen LogP contribution in [0.25, 0.3) is 0 Å². The van der Waals surface area contributed by atoms with E-state index in [4.69, 9.17) is 0 Å². The van der Waals surface area contributed by atoms with E-state index in [1.807, 2.05) is 12.1 Å². The molecule has 3 fully saturated rings. The summed E-state index contributed by atoms with van der Waals surface area (Å²) in [4.78, 5) is 24.3. The summed E-state index contributed by atoms with van der Waals surface area (Å²) < 4.78 is 0. The van der Waals surface area contributed by atoms with Gasteiger partial charge >= 0.3 is 0 Å². The zero-order chi connectivity index (χ0) is 19.3. The lowest BCUT2D eigenvalue weighted by atomic mass is 10.0. The Morgan fingerprint density at radius 3 is 2.61 bits per heavy atom. The number of nitrogens with zero attached hydrogens (tertiary/aromatic N) is 4. The first-order valence-corrected chi connectivity index (χ1v) is 11.1. The molecule has 1 saturated carbocycles. The molecule has 3 aliphatic rings. The highest BCUT2D eigenvalue weighted by molar-refractivity contribution is 5.94. The lowest BCUT2D eigenvalue weighted by Gasteiger charge is -2.35. The van der Waals surface area contributed by atoms with Crippen LogP contribution < -0.4 is 10.2 Å². The van der Waals surface area contributed by atoms with Crippen molar-refractivity contribution in [3.8, 4) is 0 Å². The van der Waals surface area contributed by atoms with E-state index in [2.05, 4.69) is 32.0 Å². The molecule has 2 saturated heterocycles. The first-order chi connectivity index (χ1) is 13.7. The molecule has 0 aromatic carbocycles. The molecule has 1 aromatic rings. The third-order valence-electron chi connectivity index (χ3n) is 6.60. The van der Waals surface area contributed by atoms with Crippen LogP contribution in [0.2, 0.25) is 0 Å². The van der Waals surface area contributed by atoms with Gasteiger partial charge in [-0.3, -0.25) is 9.69 Å². The molecule has 4 rings (SSSR count). The van der Waals surface area contributed by atoms with Gasteiger partial charge in [-0.25, -0.2) is 4.98 Å². The molecule has 1 aliphatic carbocycles. The van der Waals surface area contributed by atoms with E-state index in [1.165, 1.54) is 45.2 Å². The average Bonchev–Trinajstić information content (AvgIpc) is 3.54. The van der Waals surface area contributed by atoms with Crippen LogP contribution in [0.4, 0.5) is 5.82 Å². The Balaban J connectivity index is 1.21. The fourth-order valence-corrected chi connectivity index (χ4v) is 4.50. The highest BCUT2D eigenvalue weighted by Gasteiger charge is 2.26. The van der Waals surface area contributed by atoms with Gasteiger partial charge in [0.05, 0.1) is 5.56 Å². The van der Waals surface area contributed by atoms with Gasteiger partial charge in [0.2, 0.25) is 0 Å². The van der Waals surface area contributed by atoms with Crippen LogP contribution in [-0.4, -0.2) is 79.6 Å². The van der Waals surface area contributed by atoms with E-state index in [-0.39, 0.29) is 5.91 Å². The second-order valence-corrected chi connectivity index (χ2v) is 8.81. The summed E-state index contributed by atoms with van der Waals surface area (Å²) in [5.41, 5.74) is 0.660. The van der Waals surface area contributed by atoms with E-state index in [9.17, 15) is 4.79 Å². The maximum atomic E-state index is 12.4. The van der Waals surface area contributed by atoms with E-state index < -0.39 is 0 Å². The summed E-state index contributed by atoms with van der Waals surface area (Å²) in [5.74, 6) is 1.94. The van der Waals surface area contributed by atoms with E-state index in [1.54, 1.807) is 6.20 Å². The van der Waals surface area contributed by atoms with Crippen molar-refractivity contribution < 1.29 is 4.79 Å². The molecule has 1 N–H and O–H groups in total. The van der Waals surface area contributed by atoms with Gasteiger partial charge in [-0.2, -0.15) is 0 Å². The van der Waals surface area contributed by atoms with Gasteiger partial charge in [-0.05, 0) is 63.7 Å². The number of rotatable bonds is 7. The molecule has 1 aromatic heterocycles. The van der Waals surface area contributed by atoms with E-state index >= 15 is 0 Å². The molecule has 2 aliphatic heterocycles. The number of pyridine rings is 1. The zero-order valence-corrected chi connectivity index (χ0v) is 17.3. The van der Waals surface area contributed by atoms with Crippen LogP contribution in [0.3, 0.4) is 0 Å². The molecule has 154 valence electrons. The highest BCUT2D eigenvalue weighted by atomic mass is 16.1. The minimum atomic E-state index is -0.00762. The van der Waals surface area contributed by atoms with Crippen molar-refractivity contribution in [2.24, 2.45) is 5.92 Å². The van der Waals surface area contributed by atoms with E-state index in [0.717, 1.165) is 50.9 Å². The normalized spacial score (nSPS) is 24.3. The molecule has 6 heteroatoms. The topological polar surface area (TPSA) is 51.7 Å². The summed E-state index contributed by atoms with van der Waals surface area (Å²) in [6, 6.07) is 4.52. The predicted molar refractivity (Wildman–Crippen MR) is 113 cm³/mol. The minimum absolute atomic E-state index is 0.00762. The largest absolute Gasteiger partial charge is 0.354 e. The second-order valence-electron chi connectivity index (χ2n) is 8.81. The monoisotopic (exact) mass is 385 g/mol. The van der Waals surface area contributed by atoms with Gasteiger partial charge in [0.1, 0.15) is 5.82 Å². The number of hydrogen-bond donors (Lipinski definition) is 1. The van der Waals surface area contributed by atoms with Crippen molar-refractivity contribution >= 4 is 11.7 Å². The lowest BCUT2D eigenvalue weighted by molar-refractivity contribution is 0.0945. The molecular weight excluding hydrogens is 350 g/mol. The number of carbonyl (C=O) groups excluding carboxylic acids is 1. The Morgan fingerprint density at radius 2 is 1.93 bits per heavy atom. The van der Waals surface area contributed by atoms with Gasteiger partial charge in [0, 0.05) is 51.5 Å². The number of nitrogens with one attached hydrogen (secondary N) is 1. The molecule has 0 unspecified atom stereocenters. The SMILES string of the molecule is CN1CCCC[C@@H]1CCNC(=O)c1ccc(N2CCN(CC3CC3)CC2)nc1. The number of amides is 1. The molecular formula is C22H35N5O. The molecule has 0 radical (unpaired) electrons. The lowest BCUT2D eigenvalue weighted by Crippen LogP contribution is -2.47. The van der Waals surface area contributed by atoms with Gasteiger partial charge in [-0.1, -0.05) is 6.42 Å². The van der Waals surface area contributed by atoms with Crippen LogP contribution >= 0.6 is 0 Å². The Kier molecular flexibility index (Phi) is 6.47. The van der Waals surface area contributed by atoms with Gasteiger partial charge < -0.3 is 15.1 Å². The Hall–Kier alpha value is -1.66. The summed E-state index contributed by atoms with van der Waals surface area (Å²) >= 11 is 0. The van der Waals surface area contributed by atoms with Crippen LogP contribution in [0.5, 0.6) is 0 Å². The fourth-order valence-electron chi connectivity index (χ4n) is 4.50. The third-order valence-corrected chi connectivity index (χ3v) is 6.60. The third kappa shape index (κ3) is 5.23. The Morgan fingerprint density at radius 1 is 1.11 bits per heavy atom. The maximum absolute atomic E-state index is 12.4. The highest BCUT2D eigenvalue weighted by Crippen LogP contribution is 2.30. The second kappa shape index (κ2) is 9.23. The molecule has 28 heavy (non-hydrogen) atoms. The van der Waals surface area contributed by atoms with Crippen LogP contribution in [0, 0.1) is 5.92 Å². The molecule has 3 heterocycles. The smallest absolute Gasteiger partial charge is 0.252 e. The number of piperidine rings is 1. The van der Waals surface area contributed by atoms with Gasteiger partial charge in [-0.15, -0.1) is 0 Å². The van der Waals surface area contributed by atoms with Gasteiger partial charge in [0.25, 0.3) is 5.91 Å². The maximum Gasteiger partial charge on any atom is 0.252 e.